The average molecular weight is 584 g/mol. The van der Waals surface area contributed by atoms with Crippen molar-refractivity contribution in [3.63, 3.8) is 0 Å². The van der Waals surface area contributed by atoms with E-state index in [9.17, 15) is 9.59 Å². The van der Waals surface area contributed by atoms with Crippen molar-refractivity contribution in [3.05, 3.63) is 102 Å². The number of hydrogen-bond acceptors (Lipinski definition) is 7. The van der Waals surface area contributed by atoms with Crippen molar-refractivity contribution in [2.75, 3.05) is 22.9 Å². The van der Waals surface area contributed by atoms with Gasteiger partial charge in [-0.2, -0.15) is 0 Å². The second kappa shape index (κ2) is 12.8. The lowest BCUT2D eigenvalue weighted by Gasteiger charge is -2.18. The number of aromatic nitrogens is 5. The van der Waals surface area contributed by atoms with E-state index in [2.05, 4.69) is 76.5 Å². The van der Waals surface area contributed by atoms with Gasteiger partial charge < -0.3 is 0 Å². The van der Waals surface area contributed by atoms with Crippen LogP contribution in [0, 0.1) is 34.5 Å². The minimum Gasteiger partial charge on any atom is -0.295 e. The molecule has 0 aliphatic carbocycles. The molecule has 0 atom stereocenters. The molecule has 0 radical (unpaired) electrons. The van der Waals surface area contributed by atoms with Crippen molar-refractivity contribution in [1.82, 2.24) is 25.1 Å². The SMILES string of the molecule is CC1(C)CC(=O)N(c2ccc(C#Cc3ccccc3)nn2)C1.CC1(C)CC(=O)N(c2cnc(C#Cc3cccnc3)cn2)C1. The van der Waals surface area contributed by atoms with Crippen LogP contribution in [0.15, 0.2) is 79.4 Å². The smallest absolute Gasteiger partial charge is 0.228 e. The van der Waals surface area contributed by atoms with E-state index in [1.54, 1.807) is 46.7 Å². The molecular weight excluding hydrogens is 550 g/mol. The summed E-state index contributed by atoms with van der Waals surface area (Å²) in [5, 5.41) is 8.24. The minimum absolute atomic E-state index is 0.00938. The molecule has 5 heterocycles. The van der Waals surface area contributed by atoms with Gasteiger partial charge in [-0.25, -0.2) is 9.97 Å². The van der Waals surface area contributed by atoms with Crippen molar-refractivity contribution in [3.8, 4) is 23.7 Å². The summed E-state index contributed by atoms with van der Waals surface area (Å²) in [5.41, 5.74) is 2.90. The highest BCUT2D eigenvalue weighted by atomic mass is 16.2. The van der Waals surface area contributed by atoms with E-state index in [0.29, 0.717) is 49.0 Å². The molecule has 2 amide bonds. The van der Waals surface area contributed by atoms with Crippen molar-refractivity contribution in [2.24, 2.45) is 10.8 Å². The summed E-state index contributed by atoms with van der Waals surface area (Å²) in [7, 11) is 0. The van der Waals surface area contributed by atoms with Crippen molar-refractivity contribution in [1.29, 1.82) is 0 Å². The Morgan fingerprint density at radius 2 is 1.25 bits per heavy atom. The van der Waals surface area contributed by atoms with Gasteiger partial charge in [-0.1, -0.05) is 57.7 Å². The predicted octanol–water partition coefficient (Wildman–Crippen LogP) is 4.67. The topological polar surface area (TPSA) is 105 Å². The van der Waals surface area contributed by atoms with Crippen LogP contribution in [-0.2, 0) is 9.59 Å². The third-order valence-electron chi connectivity index (χ3n) is 6.98. The van der Waals surface area contributed by atoms with Gasteiger partial charge in [-0.05, 0) is 59.1 Å². The van der Waals surface area contributed by atoms with Gasteiger partial charge in [0.1, 0.15) is 11.4 Å². The first-order valence-electron chi connectivity index (χ1n) is 14.3. The van der Waals surface area contributed by atoms with Gasteiger partial charge in [-0.15, -0.1) is 10.2 Å². The summed E-state index contributed by atoms with van der Waals surface area (Å²) in [4.78, 5) is 40.0. The Hall–Kier alpha value is -5.41. The van der Waals surface area contributed by atoms with Gasteiger partial charge in [-0.3, -0.25) is 24.4 Å². The van der Waals surface area contributed by atoms with Gasteiger partial charge in [0.25, 0.3) is 0 Å². The summed E-state index contributed by atoms with van der Waals surface area (Å²) in [6, 6.07) is 17.1. The Labute approximate surface area is 257 Å². The fraction of sp³-hybridized carbons (Fsp3) is 0.286. The van der Waals surface area contributed by atoms with Crippen LogP contribution in [0.4, 0.5) is 11.6 Å². The molecular formula is C35H33N7O2. The van der Waals surface area contributed by atoms with Crippen LogP contribution in [0.1, 0.15) is 63.1 Å². The molecule has 0 unspecified atom stereocenters. The second-order valence-corrected chi connectivity index (χ2v) is 12.3. The van der Waals surface area contributed by atoms with Gasteiger partial charge in [0.05, 0.1) is 12.4 Å². The monoisotopic (exact) mass is 583 g/mol. The number of carbonyl (C=O) groups excluding carboxylic acids is 2. The first-order valence-corrected chi connectivity index (χ1v) is 14.3. The predicted molar refractivity (Wildman–Crippen MR) is 168 cm³/mol. The zero-order chi connectivity index (χ0) is 31.2. The third-order valence-corrected chi connectivity index (χ3v) is 6.98. The maximum Gasteiger partial charge on any atom is 0.228 e. The highest BCUT2D eigenvalue weighted by molar-refractivity contribution is 5.95. The molecule has 44 heavy (non-hydrogen) atoms. The van der Waals surface area contributed by atoms with Crippen molar-refractivity contribution in [2.45, 2.75) is 40.5 Å². The average Bonchev–Trinajstić information content (AvgIpc) is 3.47. The number of anilines is 2. The van der Waals surface area contributed by atoms with E-state index >= 15 is 0 Å². The molecule has 6 rings (SSSR count). The van der Waals surface area contributed by atoms with Crippen LogP contribution >= 0.6 is 0 Å². The normalized spacial score (nSPS) is 16.3. The molecule has 2 aliphatic heterocycles. The number of nitrogens with zero attached hydrogens (tertiary/aromatic N) is 7. The molecule has 9 heteroatoms. The van der Waals surface area contributed by atoms with Crippen LogP contribution in [0.5, 0.6) is 0 Å². The molecule has 2 fully saturated rings. The fourth-order valence-electron chi connectivity index (χ4n) is 4.86. The number of benzene rings is 1. The number of rotatable bonds is 2. The Bertz CT molecular complexity index is 1610. The molecule has 2 saturated heterocycles. The van der Waals surface area contributed by atoms with Crippen LogP contribution in [0.2, 0.25) is 0 Å². The lowest BCUT2D eigenvalue weighted by Crippen LogP contribution is -2.27. The molecule has 0 bridgehead atoms. The van der Waals surface area contributed by atoms with Gasteiger partial charge in [0.15, 0.2) is 11.6 Å². The van der Waals surface area contributed by atoms with E-state index in [1.807, 2.05) is 42.5 Å². The quantitative estimate of drug-likeness (QED) is 0.316. The van der Waals surface area contributed by atoms with Crippen LogP contribution in [0.25, 0.3) is 0 Å². The van der Waals surface area contributed by atoms with Gasteiger partial charge in [0.2, 0.25) is 11.8 Å². The molecule has 1 aromatic carbocycles. The summed E-state index contributed by atoms with van der Waals surface area (Å²) < 4.78 is 0. The lowest BCUT2D eigenvalue weighted by atomic mass is 9.93. The van der Waals surface area contributed by atoms with Gasteiger partial charge in [0, 0.05) is 49.5 Å². The first kappa shape index (κ1) is 30.1. The summed E-state index contributed by atoms with van der Waals surface area (Å²) in [6.07, 6.45) is 7.68. The highest BCUT2D eigenvalue weighted by Crippen LogP contribution is 2.33. The Balaban J connectivity index is 0.000000175. The van der Waals surface area contributed by atoms with Crippen molar-refractivity contribution >= 4 is 23.5 Å². The molecule has 3 aromatic heterocycles. The first-order chi connectivity index (χ1) is 21.1. The maximum atomic E-state index is 12.0. The standard InChI is InChI=1S/C18H17N3O.C17H16N4O/c1-18(2)12-17(22)21(13-18)16-11-10-15(19-20-16)9-8-14-6-4-3-5-7-14;1-17(2)8-16(22)21(12-17)15-11-19-14(10-20-15)6-5-13-4-3-7-18-9-13/h3-7,10-11H,12-13H2,1-2H3;3-4,7,9-11H,8,12H2,1-2H3. The third kappa shape index (κ3) is 7.90. The van der Waals surface area contributed by atoms with E-state index in [4.69, 9.17) is 0 Å². The molecule has 0 saturated carbocycles. The Kier molecular flexibility index (Phi) is 8.78. The molecule has 2 aliphatic rings. The summed E-state index contributed by atoms with van der Waals surface area (Å²) in [5.74, 6) is 13.3. The number of amides is 2. The number of pyridine rings is 1. The molecule has 9 nitrogen and oxygen atoms in total. The molecule has 4 aromatic rings. The molecule has 0 N–H and O–H groups in total. The fourth-order valence-corrected chi connectivity index (χ4v) is 4.86. The second-order valence-electron chi connectivity index (χ2n) is 12.3. The van der Waals surface area contributed by atoms with E-state index in [1.165, 1.54) is 0 Å². The summed E-state index contributed by atoms with van der Waals surface area (Å²) >= 11 is 0. The van der Waals surface area contributed by atoms with Gasteiger partial charge >= 0.3 is 0 Å². The van der Waals surface area contributed by atoms with Crippen LogP contribution in [-0.4, -0.2) is 50.1 Å². The van der Waals surface area contributed by atoms with E-state index in [0.717, 1.165) is 11.1 Å². The maximum absolute atomic E-state index is 12.0. The highest BCUT2D eigenvalue weighted by Gasteiger charge is 2.38. The Morgan fingerprint density at radius 1 is 0.614 bits per heavy atom. The lowest BCUT2D eigenvalue weighted by molar-refractivity contribution is -0.118. The number of carbonyl (C=O) groups is 2. The summed E-state index contributed by atoms with van der Waals surface area (Å²) in [6.45, 7) is 9.66. The van der Waals surface area contributed by atoms with Crippen molar-refractivity contribution < 1.29 is 9.59 Å². The largest absolute Gasteiger partial charge is 0.295 e. The number of hydrogen-bond donors (Lipinski definition) is 0. The zero-order valence-electron chi connectivity index (χ0n) is 25.3. The van der Waals surface area contributed by atoms with E-state index in [-0.39, 0.29) is 22.6 Å². The van der Waals surface area contributed by atoms with Crippen LogP contribution < -0.4 is 9.80 Å². The Morgan fingerprint density at radius 3 is 1.80 bits per heavy atom. The van der Waals surface area contributed by atoms with Crippen LogP contribution in [0.3, 0.4) is 0 Å². The zero-order valence-corrected chi connectivity index (χ0v) is 25.3. The van der Waals surface area contributed by atoms with E-state index < -0.39 is 0 Å². The molecule has 0 spiro atoms. The minimum atomic E-state index is -0.0163. The molecule has 220 valence electrons.